The van der Waals surface area contributed by atoms with Gasteiger partial charge in [0.05, 0.1) is 0 Å². The summed E-state index contributed by atoms with van der Waals surface area (Å²) in [6.45, 7) is 13.4. The molecule has 2 rings (SSSR count). The number of pyridine rings is 2. The largest absolute Gasteiger partial charge is 0.444 e. The Hall–Kier alpha value is -1.51. The lowest BCUT2D eigenvalue weighted by Gasteiger charge is -2.27. The molecule has 0 radical (unpaired) electrons. The Balaban J connectivity index is 0.000000361. The van der Waals surface area contributed by atoms with Crippen LogP contribution in [0.25, 0.3) is 0 Å². The van der Waals surface area contributed by atoms with E-state index < -0.39 is 5.60 Å². The van der Waals surface area contributed by atoms with Crippen LogP contribution >= 0.6 is 31.9 Å². The molecule has 0 aromatic carbocycles. The Labute approximate surface area is 216 Å². The van der Waals surface area contributed by atoms with Gasteiger partial charge in [0.15, 0.2) is 0 Å². The van der Waals surface area contributed by atoms with Crippen LogP contribution in [0, 0.1) is 0 Å². The van der Waals surface area contributed by atoms with Gasteiger partial charge >= 0.3 is 6.09 Å². The van der Waals surface area contributed by atoms with Gasteiger partial charge in [0, 0.05) is 25.5 Å². The van der Waals surface area contributed by atoms with E-state index in [0.29, 0.717) is 13.1 Å². The topological polar surface area (TPSA) is 67.4 Å². The molecule has 1 N–H and O–H groups in total. The molecular formula is C25H38Br2N4O2. The van der Waals surface area contributed by atoms with Crippen molar-refractivity contribution in [2.24, 2.45) is 0 Å². The van der Waals surface area contributed by atoms with Crippen molar-refractivity contribution in [3.8, 4) is 0 Å². The van der Waals surface area contributed by atoms with Gasteiger partial charge in [0.2, 0.25) is 0 Å². The van der Waals surface area contributed by atoms with Gasteiger partial charge in [0.25, 0.3) is 0 Å². The molecule has 0 spiro atoms. The number of nitrogens with zero attached hydrogens (tertiary/aromatic N) is 3. The molecule has 0 bridgehead atoms. The summed E-state index contributed by atoms with van der Waals surface area (Å²) < 4.78 is 7.14. The summed E-state index contributed by atoms with van der Waals surface area (Å²) in [4.78, 5) is 22.2. The quantitative estimate of drug-likeness (QED) is 0.257. The summed E-state index contributed by atoms with van der Waals surface area (Å²) in [6, 6.07) is 8.00. The number of aromatic nitrogens is 2. The molecule has 0 aliphatic heterocycles. The Bertz CT molecular complexity index is 794. The standard InChI is InChI=1S/C15H23BrN2O2.C10H15BrN2/c1-5-9-18(14(19)20-15(2,3)4)10-8-12-6-7-13(16)17-11-12;1-2-6-12-7-5-9-3-4-10(11)13-8-9/h6-7,11H,5,8-10H2,1-4H3;3-4,8,12H,2,5-7H2,1H3. The monoisotopic (exact) mass is 584 g/mol. The maximum atomic E-state index is 12.1. The Kier molecular flexibility index (Phi) is 14.5. The van der Waals surface area contributed by atoms with Crippen LogP contribution in [0.15, 0.2) is 45.9 Å². The van der Waals surface area contributed by atoms with Crippen LogP contribution in [-0.2, 0) is 17.6 Å². The van der Waals surface area contributed by atoms with Crippen molar-refractivity contribution in [3.63, 3.8) is 0 Å². The molecule has 0 atom stereocenters. The minimum Gasteiger partial charge on any atom is -0.444 e. The van der Waals surface area contributed by atoms with Crippen LogP contribution in [0.1, 0.15) is 58.6 Å². The molecule has 0 unspecified atom stereocenters. The molecule has 2 aromatic heterocycles. The molecule has 0 aliphatic carbocycles. The number of hydrogen-bond acceptors (Lipinski definition) is 5. The molecule has 2 heterocycles. The highest BCUT2D eigenvalue weighted by atomic mass is 79.9. The van der Waals surface area contributed by atoms with Gasteiger partial charge < -0.3 is 15.0 Å². The average molecular weight is 586 g/mol. The van der Waals surface area contributed by atoms with E-state index in [1.165, 1.54) is 12.0 Å². The van der Waals surface area contributed by atoms with Crippen LogP contribution < -0.4 is 5.32 Å². The van der Waals surface area contributed by atoms with Crippen LogP contribution in [0.2, 0.25) is 0 Å². The van der Waals surface area contributed by atoms with Crippen molar-refractivity contribution in [3.05, 3.63) is 57.0 Å². The number of halogens is 2. The second kappa shape index (κ2) is 16.2. The Morgan fingerprint density at radius 2 is 1.48 bits per heavy atom. The van der Waals surface area contributed by atoms with E-state index in [0.717, 1.165) is 47.1 Å². The van der Waals surface area contributed by atoms with Gasteiger partial charge in [-0.1, -0.05) is 26.0 Å². The van der Waals surface area contributed by atoms with Crippen molar-refractivity contribution < 1.29 is 9.53 Å². The number of ether oxygens (including phenoxy) is 1. The molecule has 0 saturated carbocycles. The molecule has 184 valence electrons. The number of nitrogens with one attached hydrogen (secondary N) is 1. The first-order valence-electron chi connectivity index (χ1n) is 11.5. The van der Waals surface area contributed by atoms with E-state index in [-0.39, 0.29) is 6.09 Å². The second-order valence-corrected chi connectivity index (χ2v) is 10.3. The van der Waals surface area contributed by atoms with Crippen LogP contribution in [0.5, 0.6) is 0 Å². The van der Waals surface area contributed by atoms with Gasteiger partial charge in [0.1, 0.15) is 14.8 Å². The number of rotatable bonds is 10. The fourth-order valence-electron chi connectivity index (χ4n) is 2.80. The van der Waals surface area contributed by atoms with Gasteiger partial charge in [-0.2, -0.15) is 0 Å². The Morgan fingerprint density at radius 1 is 0.909 bits per heavy atom. The van der Waals surface area contributed by atoms with E-state index in [9.17, 15) is 4.79 Å². The summed E-state index contributed by atoms with van der Waals surface area (Å²) in [5.41, 5.74) is 1.94. The number of carbonyl (C=O) groups excluding carboxylic acids is 1. The lowest BCUT2D eigenvalue weighted by atomic mass is 10.2. The van der Waals surface area contributed by atoms with Gasteiger partial charge in [-0.3, -0.25) is 0 Å². The van der Waals surface area contributed by atoms with E-state index >= 15 is 0 Å². The molecule has 2 aromatic rings. The molecule has 6 nitrogen and oxygen atoms in total. The maximum absolute atomic E-state index is 12.1. The summed E-state index contributed by atoms with van der Waals surface area (Å²) >= 11 is 6.62. The smallest absolute Gasteiger partial charge is 0.410 e. The second-order valence-electron chi connectivity index (χ2n) is 8.70. The summed E-state index contributed by atoms with van der Waals surface area (Å²) in [5.74, 6) is 0. The number of carbonyl (C=O) groups is 1. The molecule has 8 heteroatoms. The van der Waals surface area contributed by atoms with Crippen LogP contribution in [0.3, 0.4) is 0 Å². The molecule has 33 heavy (non-hydrogen) atoms. The SMILES string of the molecule is CCCN(CCc1ccc(Br)nc1)C(=O)OC(C)(C)C.CCCNCCc1ccc(Br)nc1. The third kappa shape index (κ3) is 14.4. The van der Waals surface area contributed by atoms with Gasteiger partial charge in [-0.25, -0.2) is 14.8 Å². The van der Waals surface area contributed by atoms with Crippen molar-refractivity contribution in [2.75, 3.05) is 26.2 Å². The summed E-state index contributed by atoms with van der Waals surface area (Å²) in [5, 5.41) is 3.36. The molecule has 0 fully saturated rings. The van der Waals surface area contributed by atoms with E-state index in [2.05, 4.69) is 67.1 Å². The molecule has 1 amide bonds. The maximum Gasteiger partial charge on any atom is 0.410 e. The summed E-state index contributed by atoms with van der Waals surface area (Å²) in [7, 11) is 0. The van der Waals surface area contributed by atoms with Crippen molar-refractivity contribution in [2.45, 2.75) is 65.9 Å². The van der Waals surface area contributed by atoms with Gasteiger partial charge in [-0.15, -0.1) is 0 Å². The highest BCUT2D eigenvalue weighted by Gasteiger charge is 2.21. The lowest BCUT2D eigenvalue weighted by molar-refractivity contribution is 0.0252. The van der Waals surface area contributed by atoms with Crippen molar-refractivity contribution in [1.29, 1.82) is 0 Å². The minimum atomic E-state index is -0.456. The Morgan fingerprint density at radius 3 is 1.94 bits per heavy atom. The third-order valence-corrected chi connectivity index (χ3v) is 5.35. The van der Waals surface area contributed by atoms with Gasteiger partial charge in [-0.05, 0) is 115 Å². The predicted octanol–water partition coefficient (Wildman–Crippen LogP) is 6.42. The average Bonchev–Trinajstić information content (AvgIpc) is 2.76. The predicted molar refractivity (Wildman–Crippen MR) is 143 cm³/mol. The van der Waals surface area contributed by atoms with E-state index in [1.807, 2.05) is 51.4 Å². The van der Waals surface area contributed by atoms with E-state index in [1.54, 1.807) is 4.90 Å². The van der Waals surface area contributed by atoms with E-state index in [4.69, 9.17) is 4.74 Å². The highest BCUT2D eigenvalue weighted by Crippen LogP contribution is 2.12. The normalized spacial score (nSPS) is 10.9. The zero-order valence-corrected chi connectivity index (χ0v) is 23.7. The van der Waals surface area contributed by atoms with Crippen LogP contribution in [-0.4, -0.2) is 52.7 Å². The summed E-state index contributed by atoms with van der Waals surface area (Å²) in [6.07, 6.45) is 7.43. The molecular weight excluding hydrogens is 548 g/mol. The lowest BCUT2D eigenvalue weighted by Crippen LogP contribution is -2.38. The minimum absolute atomic E-state index is 0.246. The molecule has 0 aliphatic rings. The fourth-order valence-corrected chi connectivity index (χ4v) is 3.27. The zero-order chi connectivity index (χ0) is 24.7. The first kappa shape index (κ1) is 29.5. The first-order chi connectivity index (χ1) is 15.6. The van der Waals surface area contributed by atoms with Crippen LogP contribution in [0.4, 0.5) is 4.79 Å². The fraction of sp³-hybridized carbons (Fsp3) is 0.560. The van der Waals surface area contributed by atoms with Crippen molar-refractivity contribution in [1.82, 2.24) is 20.2 Å². The molecule has 0 saturated heterocycles. The number of amides is 1. The van der Waals surface area contributed by atoms with Crippen molar-refractivity contribution >= 4 is 38.0 Å². The highest BCUT2D eigenvalue weighted by molar-refractivity contribution is 9.10. The number of hydrogen-bond donors (Lipinski definition) is 1. The zero-order valence-electron chi connectivity index (χ0n) is 20.5. The third-order valence-electron chi connectivity index (χ3n) is 4.41. The first-order valence-corrected chi connectivity index (χ1v) is 13.1.